The predicted molar refractivity (Wildman–Crippen MR) is 65.5 cm³/mol. The van der Waals surface area contributed by atoms with Gasteiger partial charge in [0.25, 0.3) is 0 Å². The van der Waals surface area contributed by atoms with Gasteiger partial charge in [0, 0.05) is 6.42 Å². The first-order chi connectivity index (χ1) is 8.13. The summed E-state index contributed by atoms with van der Waals surface area (Å²) >= 11 is 3.17. The summed E-state index contributed by atoms with van der Waals surface area (Å²) in [5.41, 5.74) is 1.60. The molecule has 0 unspecified atom stereocenters. The molecule has 1 aromatic carbocycles. The quantitative estimate of drug-likeness (QED) is 0.875. The molecule has 0 aliphatic rings. The van der Waals surface area contributed by atoms with Crippen LogP contribution in [0.1, 0.15) is 24.7 Å². The van der Waals surface area contributed by atoms with Crippen LogP contribution in [0.15, 0.2) is 16.6 Å². The highest BCUT2D eigenvalue weighted by molar-refractivity contribution is 9.10. The van der Waals surface area contributed by atoms with Crippen molar-refractivity contribution >= 4 is 15.9 Å². The van der Waals surface area contributed by atoms with Crippen LogP contribution >= 0.6 is 15.9 Å². The second-order valence-corrected chi connectivity index (χ2v) is 4.66. The summed E-state index contributed by atoms with van der Waals surface area (Å²) in [6.07, 6.45) is 1.75. The van der Waals surface area contributed by atoms with Gasteiger partial charge in [0.05, 0.1) is 10.2 Å². The van der Waals surface area contributed by atoms with Crippen LogP contribution in [0.3, 0.4) is 0 Å². The van der Waals surface area contributed by atoms with E-state index in [1.54, 1.807) is 10.7 Å². The molecule has 17 heavy (non-hydrogen) atoms. The van der Waals surface area contributed by atoms with Crippen molar-refractivity contribution in [1.29, 1.82) is 0 Å². The smallest absolute Gasteiger partial charge is 0.156 e. The van der Waals surface area contributed by atoms with Gasteiger partial charge in [0.1, 0.15) is 5.82 Å². The Kier molecular flexibility index (Phi) is 3.51. The lowest BCUT2D eigenvalue weighted by Crippen LogP contribution is -2.05. The summed E-state index contributed by atoms with van der Waals surface area (Å²) in [6.45, 7) is 3.90. The normalized spacial score (nSPS) is 10.8. The minimum Gasteiger partial charge on any atom is -0.206 e. The number of aromatic nitrogens is 4. The lowest BCUT2D eigenvalue weighted by atomic mass is 10.2. The van der Waals surface area contributed by atoms with Gasteiger partial charge in [-0.1, -0.05) is 6.92 Å². The van der Waals surface area contributed by atoms with Crippen molar-refractivity contribution in [3.8, 4) is 5.69 Å². The largest absolute Gasteiger partial charge is 0.206 e. The molecule has 0 fully saturated rings. The molecule has 0 spiro atoms. The molecule has 90 valence electrons. The number of hydrogen-bond donors (Lipinski definition) is 0. The molecule has 0 saturated heterocycles. The van der Waals surface area contributed by atoms with Gasteiger partial charge < -0.3 is 0 Å². The Hall–Kier alpha value is -1.30. The summed E-state index contributed by atoms with van der Waals surface area (Å²) in [6, 6.07) is 3.16. The summed E-state index contributed by atoms with van der Waals surface area (Å²) in [7, 11) is 0. The number of aryl methyl sites for hydroxylation is 2. The Morgan fingerprint density at radius 3 is 2.88 bits per heavy atom. The van der Waals surface area contributed by atoms with Crippen LogP contribution in [0.25, 0.3) is 5.69 Å². The van der Waals surface area contributed by atoms with Gasteiger partial charge in [-0.25, -0.2) is 4.39 Å². The van der Waals surface area contributed by atoms with Gasteiger partial charge in [-0.15, -0.1) is 5.10 Å². The van der Waals surface area contributed by atoms with Crippen molar-refractivity contribution in [3.63, 3.8) is 0 Å². The van der Waals surface area contributed by atoms with E-state index < -0.39 is 0 Å². The maximum Gasteiger partial charge on any atom is 0.156 e. The van der Waals surface area contributed by atoms with Crippen LogP contribution in [0.2, 0.25) is 0 Å². The summed E-state index contributed by atoms with van der Waals surface area (Å²) in [5.74, 6) is 0.505. The highest BCUT2D eigenvalue weighted by Gasteiger charge is 2.12. The van der Waals surface area contributed by atoms with E-state index in [2.05, 4.69) is 38.4 Å². The van der Waals surface area contributed by atoms with Crippen molar-refractivity contribution in [3.05, 3.63) is 33.8 Å². The fourth-order valence-electron chi connectivity index (χ4n) is 1.64. The molecule has 0 amide bonds. The maximum atomic E-state index is 13.3. The van der Waals surface area contributed by atoms with Crippen LogP contribution in [0, 0.1) is 12.7 Å². The van der Waals surface area contributed by atoms with E-state index in [1.807, 2.05) is 6.92 Å². The number of halogens is 2. The zero-order valence-electron chi connectivity index (χ0n) is 9.61. The van der Waals surface area contributed by atoms with Gasteiger partial charge in [-0.05, 0) is 57.4 Å². The van der Waals surface area contributed by atoms with Crippen molar-refractivity contribution in [2.24, 2.45) is 0 Å². The van der Waals surface area contributed by atoms with Gasteiger partial charge >= 0.3 is 0 Å². The Morgan fingerprint density at radius 2 is 2.18 bits per heavy atom. The Bertz CT molecular complexity index is 538. The number of hydrogen-bond acceptors (Lipinski definition) is 3. The van der Waals surface area contributed by atoms with Crippen LogP contribution in [-0.2, 0) is 6.42 Å². The zero-order chi connectivity index (χ0) is 12.4. The van der Waals surface area contributed by atoms with Gasteiger partial charge in [-0.3, -0.25) is 0 Å². The van der Waals surface area contributed by atoms with Crippen LogP contribution in [0.5, 0.6) is 0 Å². The van der Waals surface area contributed by atoms with E-state index in [1.165, 1.54) is 6.07 Å². The number of tetrazole rings is 1. The molecule has 6 heteroatoms. The molecule has 4 nitrogen and oxygen atoms in total. The summed E-state index contributed by atoms with van der Waals surface area (Å²) < 4.78 is 15.4. The molecule has 0 aliphatic carbocycles. The fourth-order valence-corrected chi connectivity index (χ4v) is 1.97. The molecule has 1 aromatic heterocycles. The van der Waals surface area contributed by atoms with E-state index in [-0.39, 0.29) is 5.82 Å². The molecule has 0 bridgehead atoms. The monoisotopic (exact) mass is 298 g/mol. The zero-order valence-corrected chi connectivity index (χ0v) is 11.2. The highest BCUT2D eigenvalue weighted by Crippen LogP contribution is 2.23. The minimum atomic E-state index is -0.281. The van der Waals surface area contributed by atoms with Crippen molar-refractivity contribution in [1.82, 2.24) is 20.2 Å². The van der Waals surface area contributed by atoms with E-state index in [4.69, 9.17) is 0 Å². The average Bonchev–Trinajstić information content (AvgIpc) is 2.72. The first-order valence-electron chi connectivity index (χ1n) is 5.36. The molecular weight excluding hydrogens is 287 g/mol. The Morgan fingerprint density at radius 1 is 1.41 bits per heavy atom. The molecule has 0 N–H and O–H groups in total. The first-order valence-corrected chi connectivity index (χ1v) is 6.16. The number of nitrogens with zero attached hydrogens (tertiary/aromatic N) is 4. The predicted octanol–water partition coefficient (Wildman–Crippen LogP) is 2.82. The van der Waals surface area contributed by atoms with E-state index in [0.717, 1.165) is 29.9 Å². The van der Waals surface area contributed by atoms with Crippen LogP contribution in [-0.4, -0.2) is 20.2 Å². The lowest BCUT2D eigenvalue weighted by molar-refractivity contribution is 0.618. The van der Waals surface area contributed by atoms with Gasteiger partial charge in [0.2, 0.25) is 0 Å². The third-order valence-corrected chi connectivity index (χ3v) is 3.08. The van der Waals surface area contributed by atoms with Crippen molar-refractivity contribution in [2.75, 3.05) is 0 Å². The molecular formula is C11H12BrFN4. The first kappa shape index (κ1) is 12.2. The lowest BCUT2D eigenvalue weighted by Gasteiger charge is -2.08. The maximum absolute atomic E-state index is 13.3. The molecule has 2 rings (SSSR count). The average molecular weight is 299 g/mol. The Labute approximate surface area is 107 Å². The molecule has 0 saturated carbocycles. The van der Waals surface area contributed by atoms with Crippen LogP contribution in [0.4, 0.5) is 4.39 Å². The molecule has 0 radical (unpaired) electrons. The highest BCUT2D eigenvalue weighted by atomic mass is 79.9. The summed E-state index contributed by atoms with van der Waals surface area (Å²) in [5, 5.41) is 11.6. The molecule has 0 aliphatic heterocycles. The van der Waals surface area contributed by atoms with Gasteiger partial charge in [-0.2, -0.15) is 4.68 Å². The van der Waals surface area contributed by atoms with E-state index in [9.17, 15) is 4.39 Å². The fraction of sp³-hybridized carbons (Fsp3) is 0.364. The molecule has 1 heterocycles. The third-order valence-electron chi connectivity index (χ3n) is 2.47. The minimum absolute atomic E-state index is 0.281. The van der Waals surface area contributed by atoms with Gasteiger partial charge in [0.15, 0.2) is 5.82 Å². The number of rotatable bonds is 3. The van der Waals surface area contributed by atoms with Crippen LogP contribution < -0.4 is 0 Å². The standard InChI is InChI=1S/C11H12BrFN4/c1-3-4-11-14-15-16-17(11)10-6-8(12)9(13)5-7(10)2/h5-6H,3-4H2,1-2H3. The second kappa shape index (κ2) is 4.91. The molecule has 2 aromatic rings. The second-order valence-electron chi connectivity index (χ2n) is 3.81. The Balaban J connectivity index is 2.52. The topological polar surface area (TPSA) is 43.6 Å². The SMILES string of the molecule is CCCc1nnnn1-c1cc(Br)c(F)cc1C. The summed E-state index contributed by atoms with van der Waals surface area (Å²) in [4.78, 5) is 0. The van der Waals surface area contributed by atoms with Crippen molar-refractivity contribution in [2.45, 2.75) is 26.7 Å². The van der Waals surface area contributed by atoms with E-state index >= 15 is 0 Å². The number of benzene rings is 1. The van der Waals surface area contributed by atoms with E-state index in [0.29, 0.717) is 4.47 Å². The third kappa shape index (κ3) is 2.36. The van der Waals surface area contributed by atoms with Crippen molar-refractivity contribution < 1.29 is 4.39 Å². The molecule has 0 atom stereocenters.